The lowest BCUT2D eigenvalue weighted by molar-refractivity contribution is -0.00280. The molecule has 4 saturated heterocycles. The third kappa shape index (κ3) is 4.66. The number of aromatic nitrogens is 2. The van der Waals surface area contributed by atoms with Crippen molar-refractivity contribution in [2.45, 2.75) is 88.7 Å². The van der Waals surface area contributed by atoms with Gasteiger partial charge in [-0.3, -0.25) is 9.80 Å². The summed E-state index contributed by atoms with van der Waals surface area (Å²) >= 11 is 0. The minimum Gasteiger partial charge on any atom is -0.461 e. The van der Waals surface area contributed by atoms with Crippen LogP contribution in [-0.2, 0) is 4.74 Å². The van der Waals surface area contributed by atoms with Gasteiger partial charge in [-0.1, -0.05) is 0 Å². The van der Waals surface area contributed by atoms with Crippen molar-refractivity contribution in [3.8, 4) is 6.01 Å². The second-order valence-electron chi connectivity index (χ2n) is 12.9. The summed E-state index contributed by atoms with van der Waals surface area (Å²) in [6.07, 6.45) is 2.47. The first-order chi connectivity index (χ1) is 18.4. The van der Waals surface area contributed by atoms with E-state index in [9.17, 15) is 13.6 Å². The van der Waals surface area contributed by atoms with Crippen molar-refractivity contribution in [3.63, 3.8) is 0 Å². The first kappa shape index (κ1) is 26.4. The van der Waals surface area contributed by atoms with Crippen molar-refractivity contribution in [3.05, 3.63) is 23.8 Å². The van der Waals surface area contributed by atoms with Crippen LogP contribution in [0, 0.1) is 11.6 Å². The van der Waals surface area contributed by atoms with Gasteiger partial charge in [0, 0.05) is 37.5 Å². The molecule has 11 heteroatoms. The monoisotopic (exact) mass is 547 g/mol. The topological polar surface area (TPSA) is 71.0 Å². The van der Waals surface area contributed by atoms with Gasteiger partial charge in [-0.25, -0.2) is 18.0 Å². The quantitative estimate of drug-likeness (QED) is 0.543. The fourth-order valence-corrected chi connectivity index (χ4v) is 7.14. The van der Waals surface area contributed by atoms with Gasteiger partial charge in [0.25, 0.3) is 0 Å². The summed E-state index contributed by atoms with van der Waals surface area (Å²) in [5.41, 5.74) is -1.60. The number of carbonyl (C=O) groups is 1. The molecule has 0 unspecified atom stereocenters. The molecular weight excluding hydrogens is 511 g/mol. The molecule has 4 atom stereocenters. The molecule has 212 valence electrons. The van der Waals surface area contributed by atoms with E-state index in [0.717, 1.165) is 38.3 Å². The number of amides is 1. The molecule has 39 heavy (non-hydrogen) atoms. The number of fused-ring (bicyclic) bond motifs is 4. The second-order valence-corrected chi connectivity index (χ2v) is 12.9. The van der Waals surface area contributed by atoms with Crippen LogP contribution in [-0.4, -0.2) is 87.5 Å². The van der Waals surface area contributed by atoms with Crippen molar-refractivity contribution in [1.82, 2.24) is 19.8 Å². The smallest absolute Gasteiger partial charge is 0.411 e. The number of rotatable bonds is 4. The lowest BCUT2D eigenvalue weighted by atomic mass is 9.95. The molecule has 4 fully saturated rings. The Kier molecular flexibility index (Phi) is 6.17. The molecule has 6 rings (SSSR count). The van der Waals surface area contributed by atoms with E-state index in [1.54, 1.807) is 0 Å². The first-order valence-electron chi connectivity index (χ1n) is 13.8. The van der Waals surface area contributed by atoms with Crippen LogP contribution in [0.4, 0.5) is 23.8 Å². The van der Waals surface area contributed by atoms with Gasteiger partial charge in [-0.05, 0) is 66.0 Å². The maximum Gasteiger partial charge on any atom is 0.411 e. The average molecular weight is 548 g/mol. The van der Waals surface area contributed by atoms with E-state index in [1.807, 2.05) is 37.5 Å². The summed E-state index contributed by atoms with van der Waals surface area (Å²) in [7, 11) is 0. The molecule has 0 N–H and O–H groups in total. The number of benzene rings is 1. The number of carbonyl (C=O) groups excluding carboxylic acids is 1. The normalized spacial score (nSPS) is 30.7. The van der Waals surface area contributed by atoms with Crippen LogP contribution in [0.2, 0.25) is 0 Å². The van der Waals surface area contributed by atoms with Crippen molar-refractivity contribution in [2.24, 2.45) is 0 Å². The number of hydrogen-bond donors (Lipinski definition) is 0. The molecule has 2 aromatic rings. The van der Waals surface area contributed by atoms with Gasteiger partial charge in [0.05, 0.1) is 17.1 Å². The van der Waals surface area contributed by atoms with Gasteiger partial charge in [0.1, 0.15) is 35.5 Å². The van der Waals surface area contributed by atoms with E-state index in [-0.39, 0.29) is 35.7 Å². The average Bonchev–Trinajstić information content (AvgIpc) is 3.42. The fraction of sp³-hybridized carbons (Fsp3) is 0.679. The van der Waals surface area contributed by atoms with Crippen LogP contribution in [0.3, 0.4) is 0 Å². The predicted molar refractivity (Wildman–Crippen MR) is 140 cm³/mol. The summed E-state index contributed by atoms with van der Waals surface area (Å²) < 4.78 is 55.4. The zero-order chi connectivity index (χ0) is 27.7. The Morgan fingerprint density at radius 1 is 1.18 bits per heavy atom. The minimum atomic E-state index is -0.903. The highest BCUT2D eigenvalue weighted by atomic mass is 19.1. The number of alkyl halides is 1. The van der Waals surface area contributed by atoms with E-state index in [1.165, 1.54) is 6.07 Å². The zero-order valence-electron chi connectivity index (χ0n) is 23.0. The molecular formula is C28H36F3N5O3. The molecule has 1 aromatic heterocycles. The zero-order valence-corrected chi connectivity index (χ0v) is 23.0. The summed E-state index contributed by atoms with van der Waals surface area (Å²) in [6.45, 7) is 9.78. The van der Waals surface area contributed by atoms with Gasteiger partial charge in [0.15, 0.2) is 5.82 Å². The first-order valence-corrected chi connectivity index (χ1v) is 13.8. The number of ether oxygens (including phenoxy) is 2. The highest BCUT2D eigenvalue weighted by Gasteiger charge is 2.53. The summed E-state index contributed by atoms with van der Waals surface area (Å²) in [6, 6.07) is 1.89. The number of nitrogens with zero attached hydrogens (tertiary/aromatic N) is 5. The minimum absolute atomic E-state index is 0.0152. The maximum atomic E-state index is 15.0. The van der Waals surface area contributed by atoms with Gasteiger partial charge in [0.2, 0.25) is 0 Å². The number of anilines is 1. The van der Waals surface area contributed by atoms with E-state index < -0.39 is 34.5 Å². The Hall–Kier alpha value is -2.82. The number of hydrogen-bond acceptors (Lipinski definition) is 7. The van der Waals surface area contributed by atoms with Crippen LogP contribution in [0.15, 0.2) is 12.1 Å². The van der Waals surface area contributed by atoms with Crippen molar-refractivity contribution >= 4 is 22.8 Å². The highest BCUT2D eigenvalue weighted by Crippen LogP contribution is 2.43. The highest BCUT2D eigenvalue weighted by molar-refractivity contribution is 5.90. The summed E-state index contributed by atoms with van der Waals surface area (Å²) in [5.74, 6) is -1.16. The standard InChI is InChI=1S/C28H36F3N5O3/c1-26(2,3)39-25(37)36-19-6-8-27(36,4)15-34(14-19)23-20-10-17(29)11-21(31)22(20)32-24(33-23)38-16-28-7-5-9-35(28)13-18(30)12-28/h10-11,18-19H,5-9,12-16H2,1-4H3/t18-,19+,27-,28+/m0/s1. The third-order valence-corrected chi connectivity index (χ3v) is 8.72. The third-order valence-electron chi connectivity index (χ3n) is 8.72. The Balaban J connectivity index is 1.32. The van der Waals surface area contributed by atoms with Crippen LogP contribution in [0.25, 0.3) is 10.9 Å². The molecule has 0 spiro atoms. The summed E-state index contributed by atoms with van der Waals surface area (Å²) in [4.78, 5) is 28.0. The van der Waals surface area contributed by atoms with E-state index in [4.69, 9.17) is 9.47 Å². The Labute approximate surface area is 226 Å². The van der Waals surface area contributed by atoms with Crippen LogP contribution in [0.1, 0.15) is 59.8 Å². The lowest BCUT2D eigenvalue weighted by Crippen LogP contribution is -2.63. The molecule has 0 aliphatic carbocycles. The molecule has 2 bridgehead atoms. The largest absolute Gasteiger partial charge is 0.461 e. The molecule has 1 aromatic carbocycles. The predicted octanol–water partition coefficient (Wildman–Crippen LogP) is 4.84. The van der Waals surface area contributed by atoms with Gasteiger partial charge < -0.3 is 14.4 Å². The van der Waals surface area contributed by atoms with Gasteiger partial charge in [-0.2, -0.15) is 9.97 Å². The molecule has 4 aliphatic rings. The van der Waals surface area contributed by atoms with Crippen LogP contribution >= 0.6 is 0 Å². The molecule has 5 heterocycles. The van der Waals surface area contributed by atoms with Gasteiger partial charge in [-0.15, -0.1) is 0 Å². The van der Waals surface area contributed by atoms with E-state index in [0.29, 0.717) is 31.9 Å². The van der Waals surface area contributed by atoms with Crippen LogP contribution in [0.5, 0.6) is 6.01 Å². The molecule has 1 amide bonds. The van der Waals surface area contributed by atoms with Gasteiger partial charge >= 0.3 is 12.1 Å². The molecule has 0 saturated carbocycles. The number of piperazine rings is 1. The summed E-state index contributed by atoms with van der Waals surface area (Å²) in [5, 5.41) is 0.249. The van der Waals surface area contributed by atoms with Crippen molar-refractivity contribution < 1.29 is 27.4 Å². The molecule has 0 radical (unpaired) electrons. The number of halogens is 3. The Morgan fingerprint density at radius 2 is 1.97 bits per heavy atom. The molecule has 4 aliphatic heterocycles. The Bertz CT molecular complexity index is 1310. The van der Waals surface area contributed by atoms with E-state index >= 15 is 4.39 Å². The SMILES string of the molecule is CC(C)(C)OC(=O)N1[C@@H]2CC[C@@]1(C)CN(c1nc(OC[C@]34CCCN3C[C@@H](F)C4)nc3c(F)cc(F)cc13)C2. The van der Waals surface area contributed by atoms with Crippen molar-refractivity contribution in [1.29, 1.82) is 0 Å². The second kappa shape index (κ2) is 9.11. The fourth-order valence-electron chi connectivity index (χ4n) is 7.14. The van der Waals surface area contributed by atoms with Crippen molar-refractivity contribution in [2.75, 3.05) is 37.7 Å². The molecule has 8 nitrogen and oxygen atoms in total. The lowest BCUT2D eigenvalue weighted by Gasteiger charge is -2.47. The van der Waals surface area contributed by atoms with E-state index in [2.05, 4.69) is 14.9 Å². The van der Waals surface area contributed by atoms with Crippen LogP contribution < -0.4 is 9.64 Å². The Morgan fingerprint density at radius 3 is 2.72 bits per heavy atom. The maximum absolute atomic E-state index is 15.0.